The molecule has 0 radical (unpaired) electrons. The first-order chi connectivity index (χ1) is 18.5. The molecule has 1 aliphatic heterocycles. The van der Waals surface area contributed by atoms with E-state index in [9.17, 15) is 4.79 Å². The van der Waals surface area contributed by atoms with Gasteiger partial charge in [0, 0.05) is 37.1 Å². The molecular formula is C29H33ClN6O2. The maximum atomic E-state index is 12.9. The average molecular weight is 533 g/mol. The highest BCUT2D eigenvalue weighted by Crippen LogP contribution is 2.29. The summed E-state index contributed by atoms with van der Waals surface area (Å²) < 4.78 is 7.59. The zero-order valence-electron chi connectivity index (χ0n) is 21.9. The number of hydrogen-bond acceptors (Lipinski definition) is 6. The third-order valence-electron chi connectivity index (χ3n) is 6.91. The topological polar surface area (TPSA) is 76.4 Å². The number of hydrogen-bond donors (Lipinski definition) is 0. The molecule has 0 bridgehead atoms. The van der Waals surface area contributed by atoms with Gasteiger partial charge in [0.15, 0.2) is 12.3 Å². The number of fused-ring (bicyclic) bond motifs is 1. The first-order valence-electron chi connectivity index (χ1n) is 13.3. The van der Waals surface area contributed by atoms with Crippen LogP contribution in [0.3, 0.4) is 0 Å². The van der Waals surface area contributed by atoms with E-state index in [1.54, 1.807) is 24.3 Å². The Bertz CT molecular complexity index is 1380. The molecule has 3 heterocycles. The number of ether oxygens (including phenoxy) is 1. The number of carbonyl (C=O) groups is 1. The fourth-order valence-electron chi connectivity index (χ4n) is 4.84. The molecule has 1 unspecified atom stereocenters. The van der Waals surface area contributed by atoms with Crippen LogP contribution < -0.4 is 9.64 Å². The standard InChI is InChI=1S/C29H33ClN6O2/c1-3-8-21(2)27-32-28(25-19-31-36(29(25)33-27)23-9-5-4-6-10-23)35-16-7-15-34(17-18-35)26(37)20-38-24-13-11-22(30)12-14-24/h4-6,9-14,19,21H,3,7-8,15-18,20H2,1-2H3. The Balaban J connectivity index is 1.37. The van der Waals surface area contributed by atoms with Crippen LogP contribution in [0.25, 0.3) is 16.7 Å². The van der Waals surface area contributed by atoms with Gasteiger partial charge in [0.1, 0.15) is 17.4 Å². The lowest BCUT2D eigenvalue weighted by atomic mass is 10.1. The van der Waals surface area contributed by atoms with Gasteiger partial charge in [-0.15, -0.1) is 0 Å². The van der Waals surface area contributed by atoms with Crippen LogP contribution in [0.1, 0.15) is 44.9 Å². The fraction of sp³-hybridized carbons (Fsp3) is 0.379. The normalized spacial score (nSPS) is 14.9. The molecule has 5 rings (SSSR count). The Hall–Kier alpha value is -3.65. The number of benzene rings is 2. The van der Waals surface area contributed by atoms with Gasteiger partial charge in [0.25, 0.3) is 5.91 Å². The third kappa shape index (κ3) is 5.75. The molecule has 1 atom stereocenters. The Labute approximate surface area is 228 Å². The Kier molecular flexibility index (Phi) is 8.08. The molecule has 2 aromatic heterocycles. The van der Waals surface area contributed by atoms with Gasteiger partial charge in [0.2, 0.25) is 0 Å². The molecule has 1 amide bonds. The molecule has 0 spiro atoms. The van der Waals surface area contributed by atoms with E-state index in [4.69, 9.17) is 31.4 Å². The summed E-state index contributed by atoms with van der Waals surface area (Å²) in [5, 5.41) is 6.25. The lowest BCUT2D eigenvalue weighted by Crippen LogP contribution is -2.38. The summed E-state index contributed by atoms with van der Waals surface area (Å²) in [6.45, 7) is 7.12. The van der Waals surface area contributed by atoms with Crippen molar-refractivity contribution in [1.29, 1.82) is 0 Å². The summed E-state index contributed by atoms with van der Waals surface area (Å²) in [6.07, 6.45) is 4.78. The number of halogens is 1. The number of anilines is 1. The summed E-state index contributed by atoms with van der Waals surface area (Å²) in [5.41, 5.74) is 1.78. The van der Waals surface area contributed by atoms with Crippen molar-refractivity contribution < 1.29 is 9.53 Å². The number of para-hydroxylation sites is 1. The van der Waals surface area contributed by atoms with E-state index in [1.165, 1.54) is 0 Å². The first kappa shape index (κ1) is 26.0. The molecule has 8 nitrogen and oxygen atoms in total. The largest absolute Gasteiger partial charge is 0.484 e. The molecule has 38 heavy (non-hydrogen) atoms. The highest BCUT2D eigenvalue weighted by Gasteiger charge is 2.24. The van der Waals surface area contributed by atoms with Gasteiger partial charge in [-0.05, 0) is 49.2 Å². The highest BCUT2D eigenvalue weighted by molar-refractivity contribution is 6.30. The number of rotatable bonds is 8. The minimum absolute atomic E-state index is 0.00190. The van der Waals surface area contributed by atoms with Crippen molar-refractivity contribution >= 4 is 34.4 Å². The minimum atomic E-state index is -0.0243. The van der Waals surface area contributed by atoms with Crippen molar-refractivity contribution in [2.24, 2.45) is 0 Å². The second kappa shape index (κ2) is 11.8. The highest BCUT2D eigenvalue weighted by atomic mass is 35.5. The minimum Gasteiger partial charge on any atom is -0.484 e. The summed E-state index contributed by atoms with van der Waals surface area (Å²) in [7, 11) is 0. The molecule has 4 aromatic rings. The van der Waals surface area contributed by atoms with E-state index >= 15 is 0 Å². The molecule has 9 heteroatoms. The molecule has 1 fully saturated rings. The molecular weight excluding hydrogens is 500 g/mol. The van der Waals surface area contributed by atoms with Crippen LogP contribution in [0.15, 0.2) is 60.8 Å². The van der Waals surface area contributed by atoms with E-state index in [1.807, 2.05) is 46.1 Å². The van der Waals surface area contributed by atoms with Crippen molar-refractivity contribution in [3.8, 4) is 11.4 Å². The van der Waals surface area contributed by atoms with E-state index in [0.717, 1.165) is 54.2 Å². The van der Waals surface area contributed by atoms with Crippen molar-refractivity contribution in [3.05, 3.63) is 71.6 Å². The number of amides is 1. The van der Waals surface area contributed by atoms with E-state index in [2.05, 4.69) is 18.7 Å². The van der Waals surface area contributed by atoms with Crippen molar-refractivity contribution in [2.75, 3.05) is 37.7 Å². The van der Waals surface area contributed by atoms with Crippen LogP contribution in [-0.4, -0.2) is 63.3 Å². The summed E-state index contributed by atoms with van der Waals surface area (Å²) >= 11 is 5.94. The summed E-state index contributed by atoms with van der Waals surface area (Å²) in [5.74, 6) is 2.57. The van der Waals surface area contributed by atoms with Gasteiger partial charge in [-0.25, -0.2) is 14.6 Å². The van der Waals surface area contributed by atoms with Crippen molar-refractivity contribution in [1.82, 2.24) is 24.6 Å². The average Bonchev–Trinajstić information content (AvgIpc) is 3.22. The van der Waals surface area contributed by atoms with Crippen LogP contribution in [0, 0.1) is 0 Å². The zero-order chi connectivity index (χ0) is 26.5. The maximum Gasteiger partial charge on any atom is 0.260 e. The Morgan fingerprint density at radius 3 is 2.58 bits per heavy atom. The zero-order valence-corrected chi connectivity index (χ0v) is 22.6. The molecule has 1 saturated heterocycles. The van der Waals surface area contributed by atoms with Crippen LogP contribution in [0.4, 0.5) is 5.82 Å². The van der Waals surface area contributed by atoms with Gasteiger partial charge in [-0.3, -0.25) is 4.79 Å². The summed E-state index contributed by atoms with van der Waals surface area (Å²) in [6, 6.07) is 17.1. The Morgan fingerprint density at radius 2 is 1.82 bits per heavy atom. The van der Waals surface area contributed by atoms with Gasteiger partial charge in [-0.2, -0.15) is 5.10 Å². The van der Waals surface area contributed by atoms with Crippen LogP contribution >= 0.6 is 11.6 Å². The lowest BCUT2D eigenvalue weighted by Gasteiger charge is -2.24. The predicted octanol–water partition coefficient (Wildman–Crippen LogP) is 5.49. The van der Waals surface area contributed by atoms with E-state index in [-0.39, 0.29) is 18.4 Å². The second-order valence-corrected chi connectivity index (χ2v) is 10.1. The van der Waals surface area contributed by atoms with Crippen LogP contribution in [0.2, 0.25) is 5.02 Å². The number of aromatic nitrogens is 4. The van der Waals surface area contributed by atoms with E-state index < -0.39 is 0 Å². The fourth-order valence-corrected chi connectivity index (χ4v) is 4.96. The lowest BCUT2D eigenvalue weighted by molar-refractivity contribution is -0.133. The van der Waals surface area contributed by atoms with Crippen LogP contribution in [0.5, 0.6) is 5.75 Å². The first-order valence-corrected chi connectivity index (χ1v) is 13.6. The molecule has 0 aliphatic carbocycles. The number of carbonyl (C=O) groups excluding carboxylic acids is 1. The smallest absolute Gasteiger partial charge is 0.260 e. The van der Waals surface area contributed by atoms with Crippen LogP contribution in [-0.2, 0) is 4.79 Å². The van der Waals surface area contributed by atoms with E-state index in [0.29, 0.717) is 30.4 Å². The van der Waals surface area contributed by atoms with Gasteiger partial charge < -0.3 is 14.5 Å². The van der Waals surface area contributed by atoms with Gasteiger partial charge >= 0.3 is 0 Å². The molecule has 1 aliphatic rings. The molecule has 0 N–H and O–H groups in total. The third-order valence-corrected chi connectivity index (χ3v) is 7.16. The quantitative estimate of drug-likeness (QED) is 0.298. The van der Waals surface area contributed by atoms with Gasteiger partial charge in [-0.1, -0.05) is 50.1 Å². The second-order valence-electron chi connectivity index (χ2n) is 9.69. The molecule has 2 aromatic carbocycles. The predicted molar refractivity (Wildman–Crippen MR) is 150 cm³/mol. The molecule has 198 valence electrons. The summed E-state index contributed by atoms with van der Waals surface area (Å²) in [4.78, 5) is 27.1. The van der Waals surface area contributed by atoms with Gasteiger partial charge in [0.05, 0.1) is 17.3 Å². The number of nitrogens with zero attached hydrogens (tertiary/aromatic N) is 6. The monoisotopic (exact) mass is 532 g/mol. The van der Waals surface area contributed by atoms with Crippen molar-refractivity contribution in [3.63, 3.8) is 0 Å². The molecule has 0 saturated carbocycles. The Morgan fingerprint density at radius 1 is 1.03 bits per heavy atom. The SMILES string of the molecule is CCCC(C)c1nc(N2CCCN(C(=O)COc3ccc(Cl)cc3)CC2)c2cnn(-c3ccccc3)c2n1. The maximum absolute atomic E-state index is 12.9. The van der Waals surface area contributed by atoms with Crippen molar-refractivity contribution in [2.45, 2.75) is 39.0 Å².